The van der Waals surface area contributed by atoms with Crippen LogP contribution in [0.25, 0.3) is 0 Å². The molecule has 0 aromatic carbocycles. The van der Waals surface area contributed by atoms with Gasteiger partial charge < -0.3 is 14.4 Å². The summed E-state index contributed by atoms with van der Waals surface area (Å²) >= 11 is 0. The van der Waals surface area contributed by atoms with Crippen LogP contribution in [0, 0.1) is 18.2 Å². The maximum atomic E-state index is 9.54. The molecule has 0 heterocycles. The SMILES string of the molecule is CC(C)=CC=O.C[C-]=CC=O.C[C-]=CC=O.C[C-]=CC=O.[Ru+].[Ru+].[Ru+]. The molecule has 0 fully saturated rings. The predicted molar refractivity (Wildman–Crippen MR) is 84.1 cm³/mol. The normalized spacial score (nSPS) is 7.38. The molecule has 0 saturated heterocycles. The average molecular weight is 595 g/mol. The fraction of sp³-hybridized carbons (Fsp3) is 0.294. The third kappa shape index (κ3) is 125. The van der Waals surface area contributed by atoms with Gasteiger partial charge in [0, 0.05) is 0 Å². The van der Waals surface area contributed by atoms with Crippen molar-refractivity contribution in [3.05, 3.63) is 48.1 Å². The number of allylic oxidation sites excluding steroid dienone is 8. The number of hydrogen-bond donors (Lipinski definition) is 0. The Balaban J connectivity index is -0.0000000309. The summed E-state index contributed by atoms with van der Waals surface area (Å²) in [4.78, 5) is 37.4. The predicted octanol–water partition coefficient (Wildman–Crippen LogP) is 2.84. The Hall–Kier alpha value is -0.490. The Bertz CT molecular complexity index is 319. The summed E-state index contributed by atoms with van der Waals surface area (Å²) in [5, 5.41) is 0. The van der Waals surface area contributed by atoms with Crippen LogP contribution in [0.3, 0.4) is 0 Å². The zero-order valence-corrected chi connectivity index (χ0v) is 19.5. The number of rotatable bonds is 4. The van der Waals surface area contributed by atoms with Crippen LogP contribution in [0.1, 0.15) is 34.6 Å². The van der Waals surface area contributed by atoms with E-state index in [2.05, 4.69) is 18.2 Å². The number of aldehydes is 4. The number of carbonyl (C=O) groups is 4. The number of hydrogen-bond acceptors (Lipinski definition) is 4. The molecule has 0 atom stereocenters. The molecule has 0 aliphatic carbocycles. The van der Waals surface area contributed by atoms with Crippen LogP contribution in [-0.4, -0.2) is 25.1 Å². The molecule has 0 saturated carbocycles. The minimum Gasteiger partial charge on any atom is -0.410 e. The molecular weight excluding hydrogens is 571 g/mol. The van der Waals surface area contributed by atoms with Crippen molar-refractivity contribution in [3.63, 3.8) is 0 Å². The third-order valence-electron chi connectivity index (χ3n) is 1.11. The fourth-order valence-corrected chi connectivity index (χ4v) is 0.340. The van der Waals surface area contributed by atoms with Gasteiger partial charge in [0.15, 0.2) is 0 Å². The van der Waals surface area contributed by atoms with E-state index in [9.17, 15) is 19.2 Å². The number of carbonyl (C=O) groups excluding carboxylic acids is 4. The van der Waals surface area contributed by atoms with Gasteiger partial charge in [-0.1, -0.05) is 5.57 Å². The van der Waals surface area contributed by atoms with Crippen LogP contribution in [0.5, 0.6) is 0 Å². The fourth-order valence-electron chi connectivity index (χ4n) is 0.340. The Morgan fingerprint density at radius 3 is 0.833 bits per heavy atom. The molecule has 139 valence electrons. The van der Waals surface area contributed by atoms with Gasteiger partial charge in [-0.2, -0.15) is 0 Å². The smallest absolute Gasteiger partial charge is 0.410 e. The van der Waals surface area contributed by atoms with Crippen molar-refractivity contribution in [1.29, 1.82) is 0 Å². The van der Waals surface area contributed by atoms with Gasteiger partial charge in [-0.05, 0) is 38.8 Å². The van der Waals surface area contributed by atoms with E-state index in [1.807, 2.05) is 13.8 Å². The second-order valence-electron chi connectivity index (χ2n) is 3.15. The van der Waals surface area contributed by atoms with Gasteiger partial charge in [0.05, 0.1) is 0 Å². The Labute approximate surface area is 184 Å². The molecule has 0 aliphatic rings. The van der Waals surface area contributed by atoms with E-state index >= 15 is 0 Å². The molecule has 7 heteroatoms. The summed E-state index contributed by atoms with van der Waals surface area (Å²) in [6, 6.07) is 0. The summed E-state index contributed by atoms with van der Waals surface area (Å²) in [7, 11) is 0. The van der Waals surface area contributed by atoms with Gasteiger partial charge >= 0.3 is 58.4 Å². The van der Waals surface area contributed by atoms with E-state index in [-0.39, 0.29) is 58.4 Å². The first-order valence-corrected chi connectivity index (χ1v) is 5.93. The third-order valence-corrected chi connectivity index (χ3v) is 1.11. The Morgan fingerprint density at radius 2 is 0.833 bits per heavy atom. The van der Waals surface area contributed by atoms with Crippen LogP contribution in [-0.2, 0) is 77.6 Å². The molecule has 0 aromatic heterocycles. The van der Waals surface area contributed by atoms with Crippen molar-refractivity contribution in [3.8, 4) is 0 Å². The quantitative estimate of drug-likeness (QED) is 0.217. The molecule has 0 amide bonds. The molecule has 24 heavy (non-hydrogen) atoms. The van der Waals surface area contributed by atoms with E-state index in [0.29, 0.717) is 18.9 Å². The summed E-state index contributed by atoms with van der Waals surface area (Å²) in [6.45, 7) is 8.79. The molecule has 4 nitrogen and oxygen atoms in total. The van der Waals surface area contributed by atoms with E-state index in [4.69, 9.17) is 0 Å². The molecule has 0 N–H and O–H groups in total. The second-order valence-corrected chi connectivity index (χ2v) is 3.15. The summed E-state index contributed by atoms with van der Waals surface area (Å²) in [5.41, 5.74) is 1.05. The van der Waals surface area contributed by atoms with E-state index in [1.54, 1.807) is 20.8 Å². The minimum atomic E-state index is 0. The van der Waals surface area contributed by atoms with E-state index in [1.165, 1.54) is 24.3 Å². The van der Waals surface area contributed by atoms with Crippen LogP contribution in [0.15, 0.2) is 29.9 Å². The van der Waals surface area contributed by atoms with Crippen molar-refractivity contribution in [1.82, 2.24) is 0 Å². The van der Waals surface area contributed by atoms with Crippen LogP contribution in [0.2, 0.25) is 0 Å². The minimum absolute atomic E-state index is 0. The summed E-state index contributed by atoms with van der Waals surface area (Å²) < 4.78 is 0. The van der Waals surface area contributed by atoms with E-state index < -0.39 is 0 Å². The summed E-state index contributed by atoms with van der Waals surface area (Å²) in [6.07, 6.45) is 15.9. The topological polar surface area (TPSA) is 68.3 Å². The van der Waals surface area contributed by atoms with E-state index in [0.717, 1.165) is 11.9 Å². The largest absolute Gasteiger partial charge is 1.00 e. The van der Waals surface area contributed by atoms with Gasteiger partial charge in [0.2, 0.25) is 0 Å². The van der Waals surface area contributed by atoms with Crippen molar-refractivity contribution >= 4 is 25.1 Å². The monoisotopic (exact) mass is 597 g/mol. The summed E-state index contributed by atoms with van der Waals surface area (Å²) in [5.74, 6) is 0. The van der Waals surface area contributed by atoms with Crippen molar-refractivity contribution in [2.75, 3.05) is 0 Å². The first-order valence-electron chi connectivity index (χ1n) is 5.93. The first kappa shape index (κ1) is 43.7. The molecular formula is C17H23O4Ru3. The standard InChI is InChI=1S/C5H8O.3C4H5O.3Ru/c1-5(2)3-4-6;3*1-2-3-4-5;;;/h3-4H,1-2H3;3*3-4H,1H3;;;/q;3*-1;3*+1. The zero-order chi connectivity index (χ0) is 17.4. The van der Waals surface area contributed by atoms with Gasteiger partial charge in [-0.25, -0.2) is 18.2 Å². The van der Waals surface area contributed by atoms with Gasteiger partial charge in [-0.15, -0.1) is 20.8 Å². The maximum Gasteiger partial charge on any atom is 1.00 e. The molecule has 0 bridgehead atoms. The van der Waals surface area contributed by atoms with Gasteiger partial charge in [-0.3, -0.25) is 23.0 Å². The van der Waals surface area contributed by atoms with Crippen molar-refractivity contribution in [2.24, 2.45) is 0 Å². The van der Waals surface area contributed by atoms with Crippen molar-refractivity contribution < 1.29 is 77.6 Å². The van der Waals surface area contributed by atoms with Crippen molar-refractivity contribution in [2.45, 2.75) is 34.6 Å². The van der Waals surface area contributed by atoms with Crippen LogP contribution in [0.4, 0.5) is 0 Å². The molecule has 0 aliphatic heterocycles. The zero-order valence-electron chi connectivity index (χ0n) is 14.3. The Morgan fingerprint density at radius 1 is 0.583 bits per heavy atom. The van der Waals surface area contributed by atoms with Crippen LogP contribution < -0.4 is 0 Å². The molecule has 0 unspecified atom stereocenters. The average Bonchev–Trinajstić information content (AvgIpc) is 2.43. The maximum absolute atomic E-state index is 9.54. The molecule has 0 aromatic rings. The van der Waals surface area contributed by atoms with Gasteiger partial charge in [0.1, 0.15) is 6.29 Å². The molecule has 0 rings (SSSR count). The Kier molecular flexibility index (Phi) is 104. The molecule has 3 radical (unpaired) electrons. The van der Waals surface area contributed by atoms with Gasteiger partial charge in [0.25, 0.3) is 0 Å². The second kappa shape index (κ2) is 57.1. The van der Waals surface area contributed by atoms with Crippen LogP contribution >= 0.6 is 0 Å². The first-order chi connectivity index (χ1) is 10.0. The molecule has 0 spiro atoms.